The topological polar surface area (TPSA) is 29.0 Å². The Morgan fingerprint density at radius 1 is 1.00 bits per heavy atom. The van der Waals surface area contributed by atoms with Crippen LogP contribution >= 0.6 is 0 Å². The maximum atomic E-state index is 4.55. The van der Waals surface area contributed by atoms with Crippen LogP contribution in [0, 0.1) is 13.8 Å². The van der Waals surface area contributed by atoms with Crippen LogP contribution in [0.5, 0.6) is 0 Å². The monoisotopic (exact) mass is 239 g/mol. The van der Waals surface area contributed by atoms with Gasteiger partial charge in [-0.2, -0.15) is 0 Å². The Morgan fingerprint density at radius 2 is 1.67 bits per heavy atom. The van der Waals surface area contributed by atoms with Gasteiger partial charge in [-0.05, 0) is 37.5 Å². The van der Waals surface area contributed by atoms with Crippen molar-refractivity contribution in [2.45, 2.75) is 26.8 Å². The van der Waals surface area contributed by atoms with Crippen molar-refractivity contribution in [3.63, 3.8) is 0 Å². The van der Waals surface area contributed by atoms with Gasteiger partial charge in [0.15, 0.2) is 0 Å². The summed E-state index contributed by atoms with van der Waals surface area (Å²) in [6.45, 7) is 5.96. The van der Waals surface area contributed by atoms with Crippen LogP contribution in [0.2, 0.25) is 0 Å². The number of anilines is 1. The van der Waals surface area contributed by atoms with E-state index in [0.29, 0.717) is 0 Å². The lowest BCUT2D eigenvalue weighted by molar-refractivity contribution is 0.703. The van der Waals surface area contributed by atoms with Gasteiger partial charge < -0.3 is 4.90 Å². The van der Waals surface area contributed by atoms with Crippen molar-refractivity contribution in [2.24, 2.45) is 0 Å². The molecule has 0 saturated heterocycles. The summed E-state index contributed by atoms with van der Waals surface area (Å²) in [6.07, 6.45) is 1.08. The summed E-state index contributed by atoms with van der Waals surface area (Å²) in [4.78, 5) is 11.4. The Hall–Kier alpha value is -1.90. The van der Waals surface area contributed by atoms with E-state index < -0.39 is 0 Å². The summed E-state index contributed by atoms with van der Waals surface area (Å²) in [5, 5.41) is 0. The molecule has 0 amide bonds. The van der Waals surface area contributed by atoms with Crippen LogP contribution in [-0.4, -0.2) is 16.5 Å². The summed E-state index contributed by atoms with van der Waals surface area (Å²) < 4.78 is 0. The predicted molar refractivity (Wildman–Crippen MR) is 72.7 cm³/mol. The molecule has 18 heavy (non-hydrogen) atoms. The fraction of sp³-hybridized carbons (Fsp3) is 0.333. The molecule has 92 valence electrons. The molecule has 0 spiro atoms. The Morgan fingerprint density at radius 3 is 2.39 bits per heavy atom. The summed E-state index contributed by atoms with van der Waals surface area (Å²) in [5.74, 6) is 0.863. The van der Waals surface area contributed by atoms with Gasteiger partial charge in [-0.15, -0.1) is 0 Å². The normalized spacial score (nSPS) is 14.4. The SMILES string of the molecule is Cc1cc(C)nc(N2CCc3ccccc3C2)n1. The van der Waals surface area contributed by atoms with Gasteiger partial charge in [0.05, 0.1) is 0 Å². The van der Waals surface area contributed by atoms with Crippen molar-refractivity contribution in [3.8, 4) is 0 Å². The zero-order valence-corrected chi connectivity index (χ0v) is 10.8. The van der Waals surface area contributed by atoms with E-state index >= 15 is 0 Å². The average molecular weight is 239 g/mol. The smallest absolute Gasteiger partial charge is 0.226 e. The second kappa shape index (κ2) is 4.41. The van der Waals surface area contributed by atoms with Gasteiger partial charge in [0.2, 0.25) is 5.95 Å². The quantitative estimate of drug-likeness (QED) is 0.766. The Bertz CT molecular complexity index is 557. The maximum absolute atomic E-state index is 4.55. The van der Waals surface area contributed by atoms with Gasteiger partial charge >= 0.3 is 0 Å². The lowest BCUT2D eigenvalue weighted by Gasteiger charge is -2.29. The maximum Gasteiger partial charge on any atom is 0.226 e. The van der Waals surface area contributed by atoms with E-state index in [-0.39, 0.29) is 0 Å². The highest BCUT2D eigenvalue weighted by atomic mass is 15.3. The van der Waals surface area contributed by atoms with Crippen molar-refractivity contribution in [1.29, 1.82) is 0 Å². The molecule has 1 aromatic heterocycles. The third kappa shape index (κ3) is 2.08. The number of nitrogens with zero attached hydrogens (tertiary/aromatic N) is 3. The van der Waals surface area contributed by atoms with Crippen LogP contribution in [-0.2, 0) is 13.0 Å². The minimum atomic E-state index is 0.863. The molecule has 3 rings (SSSR count). The summed E-state index contributed by atoms with van der Waals surface area (Å²) in [6, 6.07) is 10.6. The molecule has 0 radical (unpaired) electrons. The van der Waals surface area contributed by atoms with Gasteiger partial charge in [-0.3, -0.25) is 0 Å². The molecule has 0 fully saturated rings. The predicted octanol–water partition coefficient (Wildman–Crippen LogP) is 2.66. The Labute approximate surface area is 108 Å². The molecule has 3 heteroatoms. The average Bonchev–Trinajstić information content (AvgIpc) is 2.37. The molecular weight excluding hydrogens is 222 g/mol. The number of benzene rings is 1. The van der Waals surface area contributed by atoms with Crippen molar-refractivity contribution in [3.05, 3.63) is 52.8 Å². The van der Waals surface area contributed by atoms with E-state index in [0.717, 1.165) is 36.8 Å². The van der Waals surface area contributed by atoms with Gasteiger partial charge in [-0.25, -0.2) is 9.97 Å². The van der Waals surface area contributed by atoms with E-state index in [2.05, 4.69) is 39.1 Å². The van der Waals surface area contributed by atoms with Crippen LogP contribution in [0.4, 0.5) is 5.95 Å². The largest absolute Gasteiger partial charge is 0.336 e. The van der Waals surface area contributed by atoms with Crippen molar-refractivity contribution in [2.75, 3.05) is 11.4 Å². The minimum absolute atomic E-state index is 0.863. The van der Waals surface area contributed by atoms with E-state index in [1.807, 2.05) is 19.9 Å². The lowest BCUT2D eigenvalue weighted by Crippen LogP contribution is -2.32. The van der Waals surface area contributed by atoms with E-state index in [4.69, 9.17) is 0 Å². The van der Waals surface area contributed by atoms with E-state index in [9.17, 15) is 0 Å². The molecular formula is C15H17N3. The number of fused-ring (bicyclic) bond motifs is 1. The molecule has 2 aromatic rings. The second-order valence-corrected chi connectivity index (χ2v) is 4.89. The molecule has 3 nitrogen and oxygen atoms in total. The number of hydrogen-bond acceptors (Lipinski definition) is 3. The third-order valence-electron chi connectivity index (χ3n) is 3.38. The summed E-state index contributed by atoms with van der Waals surface area (Å²) in [5.41, 5.74) is 4.93. The highest BCUT2D eigenvalue weighted by molar-refractivity contribution is 5.40. The Kier molecular flexibility index (Phi) is 2.74. The van der Waals surface area contributed by atoms with Crippen LogP contribution in [0.25, 0.3) is 0 Å². The van der Waals surface area contributed by atoms with Gasteiger partial charge in [-0.1, -0.05) is 24.3 Å². The first-order chi connectivity index (χ1) is 8.72. The lowest BCUT2D eigenvalue weighted by atomic mass is 10.0. The molecule has 0 saturated carbocycles. The first-order valence-corrected chi connectivity index (χ1v) is 6.36. The summed E-state index contributed by atoms with van der Waals surface area (Å²) in [7, 11) is 0. The molecule has 0 atom stereocenters. The van der Waals surface area contributed by atoms with Gasteiger partial charge in [0, 0.05) is 24.5 Å². The highest BCUT2D eigenvalue weighted by Gasteiger charge is 2.18. The summed E-state index contributed by atoms with van der Waals surface area (Å²) >= 11 is 0. The number of aryl methyl sites for hydroxylation is 2. The fourth-order valence-electron chi connectivity index (χ4n) is 2.52. The van der Waals surface area contributed by atoms with Crippen LogP contribution in [0.1, 0.15) is 22.5 Å². The third-order valence-corrected chi connectivity index (χ3v) is 3.38. The van der Waals surface area contributed by atoms with Crippen LogP contribution in [0.15, 0.2) is 30.3 Å². The van der Waals surface area contributed by atoms with Crippen molar-refractivity contribution >= 4 is 5.95 Å². The standard InChI is InChI=1S/C15H17N3/c1-11-9-12(2)17-15(16-11)18-8-7-13-5-3-4-6-14(13)10-18/h3-6,9H,7-8,10H2,1-2H3. The van der Waals surface area contributed by atoms with E-state index in [1.165, 1.54) is 11.1 Å². The first-order valence-electron chi connectivity index (χ1n) is 6.36. The van der Waals surface area contributed by atoms with E-state index in [1.54, 1.807) is 0 Å². The van der Waals surface area contributed by atoms with Crippen LogP contribution in [0.3, 0.4) is 0 Å². The molecule has 1 aliphatic heterocycles. The molecule has 2 heterocycles. The number of aromatic nitrogens is 2. The molecule has 0 N–H and O–H groups in total. The fourth-order valence-corrected chi connectivity index (χ4v) is 2.52. The number of rotatable bonds is 1. The van der Waals surface area contributed by atoms with Gasteiger partial charge in [0.25, 0.3) is 0 Å². The minimum Gasteiger partial charge on any atom is -0.336 e. The first kappa shape index (κ1) is 11.2. The zero-order chi connectivity index (χ0) is 12.5. The molecule has 0 unspecified atom stereocenters. The second-order valence-electron chi connectivity index (χ2n) is 4.89. The van der Waals surface area contributed by atoms with Crippen LogP contribution < -0.4 is 4.90 Å². The highest BCUT2D eigenvalue weighted by Crippen LogP contribution is 2.22. The molecule has 1 aromatic carbocycles. The molecule has 1 aliphatic rings. The van der Waals surface area contributed by atoms with Gasteiger partial charge in [0.1, 0.15) is 0 Å². The zero-order valence-electron chi connectivity index (χ0n) is 10.8. The van der Waals surface area contributed by atoms with Crippen molar-refractivity contribution in [1.82, 2.24) is 9.97 Å². The molecule has 0 aliphatic carbocycles. The Balaban J connectivity index is 1.91. The van der Waals surface area contributed by atoms with Crippen molar-refractivity contribution < 1.29 is 0 Å². The number of hydrogen-bond donors (Lipinski definition) is 0. The molecule has 0 bridgehead atoms.